The van der Waals surface area contributed by atoms with Crippen molar-refractivity contribution in [1.29, 1.82) is 0 Å². The maximum atomic E-state index is 11.6. The number of anilines is 1. The van der Waals surface area contributed by atoms with Crippen LogP contribution in [0.4, 0.5) is 5.69 Å². The highest BCUT2D eigenvalue weighted by atomic mass is 16.5. The molecular formula is C13H15NO2. The second-order valence-electron chi connectivity index (χ2n) is 4.58. The molecule has 0 radical (unpaired) electrons. The molecule has 0 bridgehead atoms. The molecule has 2 heterocycles. The molecule has 0 unspecified atom stereocenters. The molecule has 0 saturated carbocycles. The van der Waals surface area contributed by atoms with Gasteiger partial charge in [-0.1, -0.05) is 25.1 Å². The summed E-state index contributed by atoms with van der Waals surface area (Å²) in [5.74, 6) is 0.438. The minimum atomic E-state index is -0.0658. The Hall–Kier alpha value is -1.51. The van der Waals surface area contributed by atoms with Crippen molar-refractivity contribution in [3.63, 3.8) is 0 Å². The van der Waals surface area contributed by atoms with E-state index in [-0.39, 0.29) is 12.0 Å². The average Bonchev–Trinajstić information content (AvgIpc) is 2.84. The van der Waals surface area contributed by atoms with Gasteiger partial charge in [0.1, 0.15) is 6.04 Å². The molecule has 1 fully saturated rings. The summed E-state index contributed by atoms with van der Waals surface area (Å²) < 4.78 is 5.05. The smallest absolute Gasteiger partial charge is 0.328 e. The number of carbonyl (C=O) groups excluding carboxylic acids is 1. The third-order valence-corrected chi connectivity index (χ3v) is 3.53. The van der Waals surface area contributed by atoms with Gasteiger partial charge in [0.2, 0.25) is 0 Å². The van der Waals surface area contributed by atoms with Crippen LogP contribution in [0.3, 0.4) is 0 Å². The standard InChI is InChI=1S/C13H15NO2/c1-9-8-14(12-6-7-16-13(12)15)11-5-3-2-4-10(9)11/h2-5,9,12H,6-8H2,1H3/t9-,12+/m0/s1. The number of esters is 1. The lowest BCUT2D eigenvalue weighted by Crippen LogP contribution is -2.37. The number of hydrogen-bond acceptors (Lipinski definition) is 3. The van der Waals surface area contributed by atoms with E-state index in [0.29, 0.717) is 12.5 Å². The fourth-order valence-corrected chi connectivity index (χ4v) is 2.72. The van der Waals surface area contributed by atoms with Crippen molar-refractivity contribution < 1.29 is 9.53 Å². The van der Waals surface area contributed by atoms with E-state index >= 15 is 0 Å². The van der Waals surface area contributed by atoms with Crippen LogP contribution in [-0.4, -0.2) is 25.2 Å². The molecule has 3 heteroatoms. The first kappa shape index (κ1) is 9.70. The van der Waals surface area contributed by atoms with Gasteiger partial charge >= 0.3 is 5.97 Å². The second-order valence-corrected chi connectivity index (χ2v) is 4.58. The van der Waals surface area contributed by atoms with Crippen LogP contribution >= 0.6 is 0 Å². The van der Waals surface area contributed by atoms with Crippen LogP contribution in [0, 0.1) is 0 Å². The van der Waals surface area contributed by atoms with E-state index < -0.39 is 0 Å². The van der Waals surface area contributed by atoms with Gasteiger partial charge in [-0.3, -0.25) is 0 Å². The molecule has 1 saturated heterocycles. The van der Waals surface area contributed by atoms with Crippen molar-refractivity contribution in [1.82, 2.24) is 0 Å². The van der Waals surface area contributed by atoms with Crippen LogP contribution < -0.4 is 4.90 Å². The van der Waals surface area contributed by atoms with E-state index in [1.54, 1.807) is 0 Å². The SMILES string of the molecule is C[C@H]1CN([C@@H]2CCOC2=O)c2ccccc21. The van der Waals surface area contributed by atoms with E-state index in [4.69, 9.17) is 4.74 Å². The lowest BCUT2D eigenvalue weighted by Gasteiger charge is -2.23. The topological polar surface area (TPSA) is 29.5 Å². The molecule has 0 N–H and O–H groups in total. The zero-order valence-corrected chi connectivity index (χ0v) is 9.35. The van der Waals surface area contributed by atoms with E-state index in [9.17, 15) is 4.79 Å². The monoisotopic (exact) mass is 217 g/mol. The van der Waals surface area contributed by atoms with Crippen LogP contribution in [0.2, 0.25) is 0 Å². The first-order valence-electron chi connectivity index (χ1n) is 5.79. The molecule has 0 aliphatic carbocycles. The van der Waals surface area contributed by atoms with Crippen LogP contribution in [0.15, 0.2) is 24.3 Å². The van der Waals surface area contributed by atoms with E-state index in [1.807, 2.05) is 6.07 Å². The highest BCUT2D eigenvalue weighted by molar-refractivity contribution is 5.83. The van der Waals surface area contributed by atoms with Crippen molar-refractivity contribution in [2.24, 2.45) is 0 Å². The van der Waals surface area contributed by atoms with Crippen molar-refractivity contribution >= 4 is 11.7 Å². The quantitative estimate of drug-likeness (QED) is 0.673. The number of hydrogen-bond donors (Lipinski definition) is 0. The Morgan fingerprint density at radius 2 is 2.19 bits per heavy atom. The van der Waals surface area contributed by atoms with Crippen LogP contribution in [0.5, 0.6) is 0 Å². The molecular weight excluding hydrogens is 202 g/mol. The number of para-hydroxylation sites is 1. The summed E-state index contributed by atoms with van der Waals surface area (Å²) in [5.41, 5.74) is 2.56. The Morgan fingerprint density at radius 3 is 2.94 bits per heavy atom. The molecule has 0 amide bonds. The van der Waals surface area contributed by atoms with Gasteiger partial charge in [0.25, 0.3) is 0 Å². The predicted octanol–water partition coefficient (Wildman–Crippen LogP) is 1.93. The zero-order chi connectivity index (χ0) is 11.1. The molecule has 16 heavy (non-hydrogen) atoms. The minimum Gasteiger partial charge on any atom is -0.464 e. The fraction of sp³-hybridized carbons (Fsp3) is 0.462. The summed E-state index contributed by atoms with van der Waals surface area (Å²) in [7, 11) is 0. The van der Waals surface area contributed by atoms with Crippen LogP contribution in [-0.2, 0) is 9.53 Å². The van der Waals surface area contributed by atoms with Gasteiger partial charge in [-0.15, -0.1) is 0 Å². The number of cyclic esters (lactones) is 1. The van der Waals surface area contributed by atoms with Crippen LogP contribution in [0.25, 0.3) is 0 Å². The number of nitrogens with zero attached hydrogens (tertiary/aromatic N) is 1. The normalized spacial score (nSPS) is 28.1. The maximum Gasteiger partial charge on any atom is 0.328 e. The van der Waals surface area contributed by atoms with Gasteiger partial charge in [0.15, 0.2) is 0 Å². The molecule has 1 aromatic rings. The molecule has 2 aliphatic heterocycles. The molecule has 0 aromatic heterocycles. The predicted molar refractivity (Wildman–Crippen MR) is 61.6 cm³/mol. The lowest BCUT2D eigenvalue weighted by atomic mass is 10.0. The highest BCUT2D eigenvalue weighted by Crippen LogP contribution is 2.38. The summed E-state index contributed by atoms with van der Waals surface area (Å²) in [6, 6.07) is 8.28. The van der Waals surface area contributed by atoms with Gasteiger partial charge in [-0.05, 0) is 11.6 Å². The second kappa shape index (κ2) is 3.51. The molecule has 3 nitrogen and oxygen atoms in total. The minimum absolute atomic E-state index is 0.0638. The summed E-state index contributed by atoms with van der Waals surface area (Å²) in [6.45, 7) is 3.70. The molecule has 2 aliphatic rings. The Morgan fingerprint density at radius 1 is 1.38 bits per heavy atom. The number of fused-ring (bicyclic) bond motifs is 1. The number of benzene rings is 1. The fourth-order valence-electron chi connectivity index (χ4n) is 2.72. The summed E-state index contributed by atoms with van der Waals surface area (Å²) in [6.07, 6.45) is 0.819. The van der Waals surface area contributed by atoms with Crippen molar-refractivity contribution in [2.75, 3.05) is 18.1 Å². The van der Waals surface area contributed by atoms with Gasteiger partial charge in [0.05, 0.1) is 6.61 Å². The van der Waals surface area contributed by atoms with Gasteiger partial charge < -0.3 is 9.64 Å². The summed E-state index contributed by atoms with van der Waals surface area (Å²) in [4.78, 5) is 13.8. The maximum absolute atomic E-state index is 11.6. The molecule has 3 rings (SSSR count). The van der Waals surface area contributed by atoms with Crippen molar-refractivity contribution in [3.05, 3.63) is 29.8 Å². The van der Waals surface area contributed by atoms with Crippen molar-refractivity contribution in [2.45, 2.75) is 25.3 Å². The Kier molecular flexibility index (Phi) is 2.13. The third kappa shape index (κ3) is 1.31. The Bertz CT molecular complexity index is 430. The molecule has 2 atom stereocenters. The Balaban J connectivity index is 1.97. The molecule has 1 aromatic carbocycles. The van der Waals surface area contributed by atoms with Crippen molar-refractivity contribution in [3.8, 4) is 0 Å². The first-order chi connectivity index (χ1) is 7.77. The number of carbonyl (C=O) groups is 1. The lowest BCUT2D eigenvalue weighted by molar-refractivity contribution is -0.139. The molecule has 0 spiro atoms. The van der Waals surface area contributed by atoms with Crippen LogP contribution in [0.1, 0.15) is 24.8 Å². The summed E-state index contributed by atoms with van der Waals surface area (Å²) >= 11 is 0. The largest absolute Gasteiger partial charge is 0.464 e. The van der Waals surface area contributed by atoms with Gasteiger partial charge in [-0.25, -0.2) is 4.79 Å². The third-order valence-electron chi connectivity index (χ3n) is 3.53. The number of rotatable bonds is 1. The Labute approximate surface area is 95.0 Å². The average molecular weight is 217 g/mol. The van der Waals surface area contributed by atoms with E-state index in [0.717, 1.165) is 13.0 Å². The van der Waals surface area contributed by atoms with E-state index in [1.165, 1.54) is 11.3 Å². The van der Waals surface area contributed by atoms with Gasteiger partial charge in [-0.2, -0.15) is 0 Å². The first-order valence-corrected chi connectivity index (χ1v) is 5.79. The van der Waals surface area contributed by atoms with Gasteiger partial charge in [0, 0.05) is 24.6 Å². The summed E-state index contributed by atoms with van der Waals surface area (Å²) in [5, 5.41) is 0. The molecule has 84 valence electrons. The van der Waals surface area contributed by atoms with E-state index in [2.05, 4.69) is 30.0 Å². The highest BCUT2D eigenvalue weighted by Gasteiger charge is 2.37. The number of ether oxygens (including phenoxy) is 1. The zero-order valence-electron chi connectivity index (χ0n) is 9.35.